The van der Waals surface area contributed by atoms with Crippen molar-refractivity contribution in [3.63, 3.8) is 0 Å². The van der Waals surface area contributed by atoms with Crippen LogP contribution in [-0.4, -0.2) is 6.71 Å². The van der Waals surface area contributed by atoms with Crippen molar-refractivity contribution in [3.05, 3.63) is 374 Å². The van der Waals surface area contributed by atoms with Crippen molar-refractivity contribution in [2.45, 2.75) is 41.4 Å². The van der Waals surface area contributed by atoms with Crippen molar-refractivity contribution in [3.8, 4) is 44.5 Å². The van der Waals surface area contributed by atoms with E-state index in [4.69, 9.17) is 4.42 Å². The molecule has 16 aromatic carbocycles. The molecule has 0 bridgehead atoms. The van der Waals surface area contributed by atoms with Gasteiger partial charge < -0.3 is 19.1 Å². The van der Waals surface area contributed by atoms with Gasteiger partial charge >= 0.3 is 0 Å². The molecular formula is C97H66BN3OS. The first-order chi connectivity index (χ1) is 50.7. The fourth-order valence-electron chi connectivity index (χ4n) is 17.8. The second-order valence-corrected chi connectivity index (χ2v) is 30.0. The standard InChI is InChI=1S/C97H66BN3OS/c1-96(2,3)67-57-89-92-90(58-67)103-94-91-76-37-14-12-33-72(76)73-34-13-15-38-77(73)93(91)102-95(94)98(92)83-54-52-70(99(84-43-23-18-32-71(84)63-27-6-4-7-28-63)68-50-48-62(49-51-68)66-47-46-61-26-10-11-31-65(61)56-66)60-88(83)100(89)69-53-55-85(78(59-69)64-29-8-5-9-30-64)101-86-44-24-21-41-81(86)97(82-42-22-25-45-87(82)101)79-39-19-16-35-74(79)75-36-17-20-40-80(75)97/h4-60H,1-3H3. The number of fused-ring (bicyclic) bond motifs is 21. The third kappa shape index (κ3) is 8.87. The number of nitrogens with zero attached hydrogens (tertiary/aromatic N) is 3. The van der Waals surface area contributed by atoms with Crippen LogP contribution in [0.5, 0.6) is 0 Å². The topological polar surface area (TPSA) is 22.9 Å². The predicted octanol–water partition coefficient (Wildman–Crippen LogP) is 24.6. The summed E-state index contributed by atoms with van der Waals surface area (Å²) < 4.78 is 7.74. The number of hydrogen-bond acceptors (Lipinski definition) is 5. The van der Waals surface area contributed by atoms with Crippen LogP contribution in [0.2, 0.25) is 0 Å². The Morgan fingerprint density at radius 1 is 0.369 bits per heavy atom. The molecule has 1 spiro atoms. The minimum absolute atomic E-state index is 0.222. The lowest BCUT2D eigenvalue weighted by Crippen LogP contribution is -2.59. The Labute approximate surface area is 604 Å². The first-order valence-electron chi connectivity index (χ1n) is 35.8. The molecule has 0 amide bonds. The average Bonchev–Trinajstić information content (AvgIpc) is 1.01. The van der Waals surface area contributed by atoms with E-state index in [0.29, 0.717) is 0 Å². The van der Waals surface area contributed by atoms with Crippen LogP contribution in [0, 0.1) is 0 Å². The average molecular weight is 1330 g/mol. The Morgan fingerprint density at radius 3 is 1.61 bits per heavy atom. The summed E-state index contributed by atoms with van der Waals surface area (Å²) in [6.45, 7) is 6.82. The van der Waals surface area contributed by atoms with Gasteiger partial charge in [-0.05, 0) is 183 Å². The van der Waals surface area contributed by atoms with Gasteiger partial charge in [0.15, 0.2) is 0 Å². The fraction of sp³-hybridized carbons (Fsp3) is 0.0515. The smallest absolute Gasteiger partial charge is 0.294 e. The fourth-order valence-corrected chi connectivity index (χ4v) is 19.1. The van der Waals surface area contributed by atoms with Gasteiger partial charge in [0.2, 0.25) is 0 Å². The molecule has 21 rings (SSSR count). The summed E-state index contributed by atoms with van der Waals surface area (Å²) in [5.41, 5.74) is 29.2. The molecule has 6 heteroatoms. The summed E-state index contributed by atoms with van der Waals surface area (Å²) in [7, 11) is 0. The summed E-state index contributed by atoms with van der Waals surface area (Å²) in [5.74, 6) is 0. The number of hydrogen-bond donors (Lipinski definition) is 0. The Hall–Kier alpha value is -12.3. The van der Waals surface area contributed by atoms with Gasteiger partial charge in [-0.3, -0.25) is 0 Å². The van der Waals surface area contributed by atoms with E-state index in [1.165, 1.54) is 97.5 Å². The number of para-hydroxylation sites is 3. The van der Waals surface area contributed by atoms with Gasteiger partial charge in [0.1, 0.15) is 5.58 Å². The Balaban J connectivity index is 0.827. The highest BCUT2D eigenvalue weighted by molar-refractivity contribution is 8.00. The summed E-state index contributed by atoms with van der Waals surface area (Å²) in [4.78, 5) is 10.1. The second-order valence-electron chi connectivity index (χ2n) is 29.0. The second kappa shape index (κ2) is 22.8. The highest BCUT2D eigenvalue weighted by atomic mass is 32.2. The quantitative estimate of drug-likeness (QED) is 0.111. The maximum absolute atomic E-state index is 7.74. The molecule has 4 nitrogen and oxygen atoms in total. The van der Waals surface area contributed by atoms with Gasteiger partial charge in [-0.25, -0.2) is 0 Å². The highest BCUT2D eigenvalue weighted by Gasteiger charge is 2.52. The SMILES string of the molecule is CC(C)(C)c1cc2c3c(c1)N(c1ccc(N4c5ccccc5C5(c6ccccc6-c6ccccc65)c5ccccc54)c(-c4ccccc4)c1)c1cc(N(c4ccc(-c5ccc6ccccc6c5)cc4)c4ccccc4-c4ccccc4)ccc1B3c1oc3c4ccccc4c4ccccc4c3c1S2. The maximum Gasteiger partial charge on any atom is 0.294 e. The molecule has 1 aromatic heterocycles. The molecule has 17 aromatic rings. The molecule has 0 unspecified atom stereocenters. The minimum Gasteiger partial charge on any atom is -0.468 e. The third-order valence-corrected chi connectivity index (χ3v) is 23.6. The number of rotatable bonds is 8. The summed E-state index contributed by atoms with van der Waals surface area (Å²) in [6.07, 6.45) is 0. The van der Waals surface area contributed by atoms with Crippen LogP contribution in [0.4, 0.5) is 51.2 Å². The molecule has 0 saturated heterocycles. The predicted molar refractivity (Wildman–Crippen MR) is 434 cm³/mol. The van der Waals surface area contributed by atoms with Crippen molar-refractivity contribution in [2.75, 3.05) is 14.7 Å². The minimum atomic E-state index is -0.556. The number of anilines is 9. The van der Waals surface area contributed by atoms with Crippen LogP contribution in [0.15, 0.2) is 360 Å². The lowest BCUT2D eigenvalue weighted by Gasteiger charge is -2.45. The number of furan rings is 1. The Bertz CT molecular complexity index is 6270. The van der Waals surface area contributed by atoms with Crippen LogP contribution in [0.1, 0.15) is 48.6 Å². The highest BCUT2D eigenvalue weighted by Crippen LogP contribution is 2.64. The van der Waals surface area contributed by atoms with E-state index in [2.05, 4.69) is 381 Å². The Morgan fingerprint density at radius 2 is 0.922 bits per heavy atom. The van der Waals surface area contributed by atoms with E-state index >= 15 is 0 Å². The van der Waals surface area contributed by atoms with E-state index < -0.39 is 5.41 Å². The monoisotopic (exact) mass is 1330 g/mol. The lowest BCUT2D eigenvalue weighted by molar-refractivity contribution is 0.589. The Kier molecular flexibility index (Phi) is 13.2. The van der Waals surface area contributed by atoms with Gasteiger partial charge in [-0.15, -0.1) is 0 Å². The van der Waals surface area contributed by atoms with E-state index in [0.717, 1.165) is 95.6 Å². The molecule has 1 aliphatic carbocycles. The van der Waals surface area contributed by atoms with Crippen molar-refractivity contribution in [1.29, 1.82) is 0 Å². The molecule has 4 aliphatic rings. The lowest BCUT2D eigenvalue weighted by atomic mass is 9.37. The van der Waals surface area contributed by atoms with Crippen LogP contribution in [0.3, 0.4) is 0 Å². The normalized spacial score (nSPS) is 13.6. The van der Waals surface area contributed by atoms with E-state index in [9.17, 15) is 0 Å². The zero-order valence-corrected chi connectivity index (χ0v) is 58.0. The first-order valence-corrected chi connectivity index (χ1v) is 36.6. The summed E-state index contributed by atoms with van der Waals surface area (Å²) in [6, 6.07) is 129. The summed E-state index contributed by atoms with van der Waals surface area (Å²) in [5, 5.41) is 8.38. The van der Waals surface area contributed by atoms with Gasteiger partial charge in [-0.2, -0.15) is 0 Å². The molecule has 0 radical (unpaired) electrons. The van der Waals surface area contributed by atoms with Crippen LogP contribution < -0.4 is 31.3 Å². The largest absolute Gasteiger partial charge is 0.468 e. The molecule has 0 N–H and O–H groups in total. The zero-order chi connectivity index (χ0) is 68.2. The molecule has 484 valence electrons. The van der Waals surface area contributed by atoms with Gasteiger partial charge in [-0.1, -0.05) is 299 Å². The van der Waals surface area contributed by atoms with Crippen molar-refractivity contribution in [1.82, 2.24) is 0 Å². The number of benzene rings is 16. The summed E-state index contributed by atoms with van der Waals surface area (Å²) >= 11 is 1.89. The van der Waals surface area contributed by atoms with E-state index in [1.807, 2.05) is 11.8 Å². The van der Waals surface area contributed by atoms with Crippen LogP contribution in [0.25, 0.3) is 87.8 Å². The van der Waals surface area contributed by atoms with Crippen LogP contribution in [-0.2, 0) is 10.8 Å². The molecule has 0 atom stereocenters. The molecule has 0 saturated carbocycles. The van der Waals surface area contributed by atoms with Crippen molar-refractivity contribution in [2.24, 2.45) is 0 Å². The third-order valence-electron chi connectivity index (χ3n) is 22.4. The molecule has 0 fully saturated rings. The van der Waals surface area contributed by atoms with E-state index in [-0.39, 0.29) is 12.1 Å². The molecule has 3 aliphatic heterocycles. The maximum atomic E-state index is 7.74. The van der Waals surface area contributed by atoms with Crippen LogP contribution >= 0.6 is 11.8 Å². The van der Waals surface area contributed by atoms with Gasteiger partial charge in [0, 0.05) is 55.2 Å². The molecular weight excluding hydrogens is 1270 g/mol. The molecule has 103 heavy (non-hydrogen) atoms. The molecule has 4 heterocycles. The van der Waals surface area contributed by atoms with Crippen molar-refractivity contribution < 1.29 is 4.42 Å². The van der Waals surface area contributed by atoms with Gasteiger partial charge in [0.05, 0.1) is 38.7 Å². The first kappa shape index (κ1) is 59.5. The van der Waals surface area contributed by atoms with E-state index in [1.54, 1.807) is 0 Å². The van der Waals surface area contributed by atoms with Crippen molar-refractivity contribution >= 4 is 130 Å². The van der Waals surface area contributed by atoms with Gasteiger partial charge in [0.25, 0.3) is 6.71 Å². The zero-order valence-electron chi connectivity index (χ0n) is 57.1.